The second-order valence-electron chi connectivity index (χ2n) is 6.13. The van der Waals surface area contributed by atoms with Crippen molar-refractivity contribution in [2.75, 3.05) is 0 Å². The van der Waals surface area contributed by atoms with Crippen LogP contribution in [-0.2, 0) is 7.05 Å². The van der Waals surface area contributed by atoms with Crippen molar-refractivity contribution in [3.05, 3.63) is 65.5 Å². The zero-order valence-corrected chi connectivity index (χ0v) is 16.3. The average Bonchev–Trinajstić information content (AvgIpc) is 3.26. The summed E-state index contributed by atoms with van der Waals surface area (Å²) in [6.45, 7) is 1.92. The molecular formula is C19H16ClN5OS. The molecule has 1 atom stereocenters. The Kier molecular flexibility index (Phi) is 4.63. The number of pyridine rings is 2. The number of amides is 1. The van der Waals surface area contributed by atoms with Crippen LogP contribution < -0.4 is 5.32 Å². The van der Waals surface area contributed by atoms with Crippen LogP contribution in [0.5, 0.6) is 0 Å². The number of thiophene rings is 1. The van der Waals surface area contributed by atoms with Crippen LogP contribution >= 0.6 is 22.9 Å². The smallest absolute Gasteiger partial charge is 0.287 e. The van der Waals surface area contributed by atoms with E-state index in [0.717, 1.165) is 26.4 Å². The first-order valence-corrected chi connectivity index (χ1v) is 9.51. The lowest BCUT2D eigenvalue weighted by atomic mass is 10.1. The van der Waals surface area contributed by atoms with Gasteiger partial charge in [-0.3, -0.25) is 14.8 Å². The lowest BCUT2D eigenvalue weighted by molar-refractivity contribution is 0.0926. The van der Waals surface area contributed by atoms with Crippen molar-refractivity contribution >= 4 is 39.1 Å². The molecule has 0 spiro atoms. The maximum absolute atomic E-state index is 12.7. The van der Waals surface area contributed by atoms with Gasteiger partial charge in [0.15, 0.2) is 5.82 Å². The summed E-state index contributed by atoms with van der Waals surface area (Å²) in [4.78, 5) is 26.4. The number of imidazole rings is 1. The summed E-state index contributed by atoms with van der Waals surface area (Å²) < 4.78 is 2.70. The molecule has 0 aromatic carbocycles. The number of carbonyl (C=O) groups excluding carboxylic acids is 1. The first-order chi connectivity index (χ1) is 13.0. The molecule has 0 fully saturated rings. The Morgan fingerprint density at radius 3 is 2.85 bits per heavy atom. The molecule has 27 heavy (non-hydrogen) atoms. The first-order valence-electron chi connectivity index (χ1n) is 8.31. The first kappa shape index (κ1) is 17.6. The van der Waals surface area contributed by atoms with Gasteiger partial charge in [0.05, 0.1) is 38.0 Å². The maximum Gasteiger partial charge on any atom is 0.287 e. The predicted molar refractivity (Wildman–Crippen MR) is 107 cm³/mol. The van der Waals surface area contributed by atoms with Gasteiger partial charge in [0.25, 0.3) is 5.91 Å². The van der Waals surface area contributed by atoms with E-state index in [9.17, 15) is 4.79 Å². The van der Waals surface area contributed by atoms with Gasteiger partial charge in [-0.05, 0) is 30.7 Å². The van der Waals surface area contributed by atoms with Crippen molar-refractivity contribution in [1.82, 2.24) is 24.8 Å². The van der Waals surface area contributed by atoms with Gasteiger partial charge in [-0.1, -0.05) is 17.7 Å². The van der Waals surface area contributed by atoms with E-state index in [-0.39, 0.29) is 11.9 Å². The summed E-state index contributed by atoms with van der Waals surface area (Å²) in [7, 11) is 1.82. The minimum atomic E-state index is -0.239. The third-order valence-corrected chi connectivity index (χ3v) is 5.95. The second-order valence-corrected chi connectivity index (χ2v) is 7.58. The Hall–Kier alpha value is -2.77. The molecule has 1 amide bonds. The molecule has 6 nitrogen and oxygen atoms in total. The van der Waals surface area contributed by atoms with E-state index >= 15 is 0 Å². The standard InChI is InChI=1S/C19H16ClN5OS/c1-11(12-4-3-6-21-9-12)24-19(26)18-23-10-15(25(18)2)16-8-14-17(27-16)13(20)5-7-22-14/h3-11H,1-2H3,(H,24,26). The Morgan fingerprint density at radius 2 is 2.11 bits per heavy atom. The molecule has 0 aliphatic heterocycles. The molecule has 0 bridgehead atoms. The third-order valence-electron chi connectivity index (χ3n) is 4.34. The number of halogens is 1. The Bertz CT molecular complexity index is 1120. The normalized spacial score (nSPS) is 12.3. The number of hydrogen-bond donors (Lipinski definition) is 1. The van der Waals surface area contributed by atoms with Gasteiger partial charge in [0.2, 0.25) is 0 Å². The van der Waals surface area contributed by atoms with Gasteiger partial charge in [-0.25, -0.2) is 4.98 Å². The molecule has 0 aliphatic rings. The quantitative estimate of drug-likeness (QED) is 0.559. The van der Waals surface area contributed by atoms with Crippen LogP contribution in [0.1, 0.15) is 29.1 Å². The van der Waals surface area contributed by atoms with E-state index in [1.165, 1.54) is 11.3 Å². The highest BCUT2D eigenvalue weighted by molar-refractivity contribution is 7.22. The van der Waals surface area contributed by atoms with Crippen molar-refractivity contribution in [3.8, 4) is 10.6 Å². The fourth-order valence-corrected chi connectivity index (χ4v) is 4.19. The van der Waals surface area contributed by atoms with E-state index in [2.05, 4.69) is 20.3 Å². The molecule has 1 unspecified atom stereocenters. The highest BCUT2D eigenvalue weighted by Gasteiger charge is 2.19. The van der Waals surface area contributed by atoms with E-state index in [4.69, 9.17) is 11.6 Å². The molecule has 4 rings (SSSR count). The summed E-state index contributed by atoms with van der Waals surface area (Å²) >= 11 is 7.78. The molecule has 4 aromatic heterocycles. The minimum Gasteiger partial charge on any atom is -0.343 e. The Labute approximate surface area is 164 Å². The van der Waals surface area contributed by atoms with Crippen LogP contribution in [0.4, 0.5) is 0 Å². The van der Waals surface area contributed by atoms with E-state index in [1.54, 1.807) is 35.4 Å². The predicted octanol–water partition coefficient (Wildman–Crippen LogP) is 4.24. The summed E-state index contributed by atoms with van der Waals surface area (Å²) in [5.74, 6) is 0.106. The van der Waals surface area contributed by atoms with Gasteiger partial charge < -0.3 is 9.88 Å². The topological polar surface area (TPSA) is 72.7 Å². The van der Waals surface area contributed by atoms with Crippen LogP contribution in [0.3, 0.4) is 0 Å². The van der Waals surface area contributed by atoms with Gasteiger partial charge in [-0.2, -0.15) is 0 Å². The van der Waals surface area contributed by atoms with Crippen LogP contribution in [-0.4, -0.2) is 25.4 Å². The van der Waals surface area contributed by atoms with Crippen LogP contribution in [0.2, 0.25) is 5.02 Å². The SMILES string of the molecule is CC(NC(=O)c1ncc(-c2cc3nccc(Cl)c3s2)n1C)c1cccnc1. The molecule has 0 saturated heterocycles. The summed E-state index contributed by atoms with van der Waals surface area (Å²) in [6.07, 6.45) is 6.82. The van der Waals surface area contributed by atoms with Crippen molar-refractivity contribution in [2.24, 2.45) is 7.05 Å². The summed E-state index contributed by atoms with van der Waals surface area (Å²) in [5, 5.41) is 3.63. The highest BCUT2D eigenvalue weighted by Crippen LogP contribution is 2.36. The highest BCUT2D eigenvalue weighted by atomic mass is 35.5. The number of rotatable bonds is 4. The molecule has 8 heteroatoms. The molecule has 1 N–H and O–H groups in total. The van der Waals surface area contributed by atoms with Gasteiger partial charge in [-0.15, -0.1) is 11.3 Å². The minimum absolute atomic E-state index is 0.168. The zero-order valence-electron chi connectivity index (χ0n) is 14.7. The molecule has 0 saturated carbocycles. The zero-order chi connectivity index (χ0) is 19.0. The van der Waals surface area contributed by atoms with Gasteiger partial charge >= 0.3 is 0 Å². The maximum atomic E-state index is 12.7. The van der Waals surface area contributed by atoms with E-state index in [1.807, 2.05) is 32.2 Å². The van der Waals surface area contributed by atoms with Gasteiger partial charge in [0, 0.05) is 25.6 Å². The van der Waals surface area contributed by atoms with E-state index in [0.29, 0.717) is 10.8 Å². The van der Waals surface area contributed by atoms with Crippen LogP contribution in [0.25, 0.3) is 20.8 Å². The van der Waals surface area contributed by atoms with Crippen molar-refractivity contribution in [1.29, 1.82) is 0 Å². The van der Waals surface area contributed by atoms with Gasteiger partial charge in [0.1, 0.15) is 0 Å². The fraction of sp³-hybridized carbons (Fsp3) is 0.158. The number of hydrogen-bond acceptors (Lipinski definition) is 5. The number of nitrogens with zero attached hydrogens (tertiary/aromatic N) is 4. The third kappa shape index (κ3) is 3.31. The number of nitrogens with one attached hydrogen (secondary N) is 1. The Morgan fingerprint density at radius 1 is 1.26 bits per heavy atom. The second kappa shape index (κ2) is 7.09. The molecule has 4 aromatic rings. The summed E-state index contributed by atoms with van der Waals surface area (Å²) in [6, 6.07) is 7.33. The lowest BCUT2D eigenvalue weighted by Crippen LogP contribution is -2.29. The largest absolute Gasteiger partial charge is 0.343 e. The van der Waals surface area contributed by atoms with Crippen molar-refractivity contribution in [3.63, 3.8) is 0 Å². The number of carbonyl (C=O) groups is 1. The van der Waals surface area contributed by atoms with E-state index < -0.39 is 0 Å². The molecule has 0 aliphatic carbocycles. The van der Waals surface area contributed by atoms with Crippen LogP contribution in [0, 0.1) is 0 Å². The average molecular weight is 398 g/mol. The van der Waals surface area contributed by atoms with Crippen molar-refractivity contribution < 1.29 is 4.79 Å². The lowest BCUT2D eigenvalue weighted by Gasteiger charge is -2.13. The number of aromatic nitrogens is 4. The Balaban J connectivity index is 1.61. The molecule has 4 heterocycles. The molecular weight excluding hydrogens is 382 g/mol. The molecule has 0 radical (unpaired) electrons. The number of fused-ring (bicyclic) bond motifs is 1. The monoisotopic (exact) mass is 397 g/mol. The van der Waals surface area contributed by atoms with Crippen LogP contribution in [0.15, 0.2) is 49.1 Å². The molecule has 136 valence electrons. The fourth-order valence-electron chi connectivity index (χ4n) is 2.86. The summed E-state index contributed by atoms with van der Waals surface area (Å²) in [5.41, 5.74) is 2.61. The van der Waals surface area contributed by atoms with Crippen molar-refractivity contribution in [2.45, 2.75) is 13.0 Å².